The largest absolute Gasteiger partial charge is 0.483 e. The maximum absolute atomic E-state index is 13.5. The Bertz CT molecular complexity index is 1170. The van der Waals surface area contributed by atoms with Gasteiger partial charge in [0.15, 0.2) is 6.61 Å². The number of aryl methyl sites for hydroxylation is 1. The van der Waals surface area contributed by atoms with Crippen LogP contribution >= 0.6 is 39.1 Å². The quantitative estimate of drug-likeness (QED) is 0.317. The molecule has 0 aromatic heterocycles. The summed E-state index contributed by atoms with van der Waals surface area (Å²) >= 11 is 16.0. The number of carbonyl (C=O) groups is 2. The summed E-state index contributed by atoms with van der Waals surface area (Å²) in [6.45, 7) is 1.95. The van der Waals surface area contributed by atoms with Crippen molar-refractivity contribution in [2.45, 2.75) is 32.4 Å². The maximum atomic E-state index is 13.5. The molecule has 2 amide bonds. The predicted molar refractivity (Wildman–Crippen MR) is 144 cm³/mol. The van der Waals surface area contributed by atoms with Gasteiger partial charge in [0.2, 0.25) is 5.91 Å². The molecule has 1 atom stereocenters. The maximum Gasteiger partial charge on any atom is 0.261 e. The van der Waals surface area contributed by atoms with Crippen LogP contribution < -0.4 is 10.1 Å². The molecule has 8 heteroatoms. The van der Waals surface area contributed by atoms with Gasteiger partial charge < -0.3 is 15.0 Å². The number of nitrogens with zero attached hydrogens (tertiary/aromatic N) is 1. The van der Waals surface area contributed by atoms with Gasteiger partial charge >= 0.3 is 0 Å². The second-order valence-electron chi connectivity index (χ2n) is 7.98. The summed E-state index contributed by atoms with van der Waals surface area (Å²) in [5, 5.41) is 3.60. The summed E-state index contributed by atoms with van der Waals surface area (Å²) in [5.74, 6) is -0.0626. The molecule has 0 bridgehead atoms. The van der Waals surface area contributed by atoms with Crippen LogP contribution in [0.25, 0.3) is 0 Å². The number of likely N-dealkylation sites (N-methyl/N-ethyl adjacent to an activating group) is 1. The molecule has 0 saturated carbocycles. The fourth-order valence-corrected chi connectivity index (χ4v) is 4.67. The first kappa shape index (κ1) is 27.1. The molecule has 3 aromatic rings. The lowest BCUT2D eigenvalue weighted by Crippen LogP contribution is -2.51. The van der Waals surface area contributed by atoms with E-state index in [0.29, 0.717) is 27.8 Å². The standard InChI is InChI=1S/C27H27BrCl2N2O3/c1-3-18-9-12-25(22(28)13-18)35-17-26(33)32(16-20-10-11-21(29)15-23(20)30)24(27(34)31-2)14-19-7-5-4-6-8-19/h4-13,15,24H,3,14,16-17H2,1-2H3,(H,31,34). The molecule has 0 aliphatic heterocycles. The zero-order valence-corrected chi connectivity index (χ0v) is 22.7. The fraction of sp³-hybridized carbons (Fsp3) is 0.259. The van der Waals surface area contributed by atoms with Gasteiger partial charge in [-0.25, -0.2) is 0 Å². The molecule has 0 radical (unpaired) electrons. The number of ether oxygens (including phenoxy) is 1. The van der Waals surface area contributed by atoms with Gasteiger partial charge in [0.25, 0.3) is 5.91 Å². The molecular weight excluding hydrogens is 551 g/mol. The lowest BCUT2D eigenvalue weighted by molar-refractivity contribution is -0.142. The van der Waals surface area contributed by atoms with Gasteiger partial charge in [-0.15, -0.1) is 0 Å². The highest BCUT2D eigenvalue weighted by Crippen LogP contribution is 2.27. The average Bonchev–Trinajstić information content (AvgIpc) is 2.86. The summed E-state index contributed by atoms with van der Waals surface area (Å²) < 4.78 is 6.62. The Morgan fingerprint density at radius 1 is 1.03 bits per heavy atom. The summed E-state index contributed by atoms with van der Waals surface area (Å²) in [5.41, 5.74) is 2.76. The van der Waals surface area contributed by atoms with Crippen molar-refractivity contribution in [1.82, 2.24) is 10.2 Å². The van der Waals surface area contributed by atoms with Crippen molar-refractivity contribution in [3.63, 3.8) is 0 Å². The van der Waals surface area contributed by atoms with Crippen molar-refractivity contribution in [1.29, 1.82) is 0 Å². The normalized spacial score (nSPS) is 11.6. The van der Waals surface area contributed by atoms with Crippen LogP contribution in [0.1, 0.15) is 23.6 Å². The van der Waals surface area contributed by atoms with Crippen LogP contribution in [0.4, 0.5) is 0 Å². The molecule has 1 unspecified atom stereocenters. The van der Waals surface area contributed by atoms with E-state index in [-0.39, 0.29) is 25.0 Å². The number of hydrogen-bond donors (Lipinski definition) is 1. The number of rotatable bonds is 10. The van der Waals surface area contributed by atoms with E-state index in [9.17, 15) is 9.59 Å². The number of halogens is 3. The third-order valence-corrected chi connectivity index (χ3v) is 6.84. The zero-order valence-electron chi connectivity index (χ0n) is 19.6. The third-order valence-electron chi connectivity index (χ3n) is 5.63. The summed E-state index contributed by atoms with van der Waals surface area (Å²) in [7, 11) is 1.56. The number of carbonyl (C=O) groups excluding carboxylic acids is 2. The highest BCUT2D eigenvalue weighted by Gasteiger charge is 2.30. The SMILES string of the molecule is CCc1ccc(OCC(=O)N(Cc2ccc(Cl)cc2Cl)C(Cc2ccccc2)C(=O)NC)c(Br)c1. The molecule has 0 spiro atoms. The molecule has 0 aliphatic carbocycles. The van der Waals surface area contributed by atoms with Crippen LogP contribution in [0.5, 0.6) is 5.75 Å². The molecule has 0 saturated heterocycles. The van der Waals surface area contributed by atoms with Gasteiger partial charge in [-0.1, -0.05) is 72.6 Å². The van der Waals surface area contributed by atoms with Gasteiger partial charge in [-0.2, -0.15) is 0 Å². The van der Waals surface area contributed by atoms with E-state index in [1.165, 1.54) is 4.90 Å². The van der Waals surface area contributed by atoms with Gasteiger partial charge in [-0.3, -0.25) is 9.59 Å². The minimum absolute atomic E-state index is 0.124. The first-order valence-corrected chi connectivity index (χ1v) is 12.8. The lowest BCUT2D eigenvalue weighted by Gasteiger charge is -2.31. The molecular formula is C27H27BrCl2N2O3. The highest BCUT2D eigenvalue weighted by atomic mass is 79.9. The van der Waals surface area contributed by atoms with Crippen LogP contribution in [0.2, 0.25) is 10.0 Å². The van der Waals surface area contributed by atoms with E-state index in [0.717, 1.165) is 22.0 Å². The number of benzene rings is 3. The fourth-order valence-electron chi connectivity index (χ4n) is 3.66. The minimum atomic E-state index is -0.767. The van der Waals surface area contributed by atoms with E-state index in [1.54, 1.807) is 25.2 Å². The second kappa shape index (κ2) is 13.0. The lowest BCUT2D eigenvalue weighted by atomic mass is 10.0. The third kappa shape index (κ3) is 7.47. The van der Waals surface area contributed by atoms with Crippen molar-refractivity contribution in [2.24, 2.45) is 0 Å². The molecule has 0 aliphatic rings. The Labute approximate surface area is 224 Å². The van der Waals surface area contributed by atoms with E-state index in [4.69, 9.17) is 27.9 Å². The summed E-state index contributed by atoms with van der Waals surface area (Å²) in [6, 6.07) is 19.6. The monoisotopic (exact) mass is 576 g/mol. The number of hydrogen-bond acceptors (Lipinski definition) is 3. The summed E-state index contributed by atoms with van der Waals surface area (Å²) in [4.78, 5) is 28.0. The average molecular weight is 578 g/mol. The van der Waals surface area contributed by atoms with Gasteiger partial charge in [0, 0.05) is 30.1 Å². The first-order valence-electron chi connectivity index (χ1n) is 11.2. The van der Waals surface area contributed by atoms with Gasteiger partial charge in [0.05, 0.1) is 4.47 Å². The van der Waals surface area contributed by atoms with Gasteiger partial charge in [0.1, 0.15) is 11.8 Å². The Balaban J connectivity index is 1.90. The van der Waals surface area contributed by atoms with Crippen LogP contribution in [-0.2, 0) is 29.0 Å². The molecule has 5 nitrogen and oxygen atoms in total. The number of amides is 2. The highest BCUT2D eigenvalue weighted by molar-refractivity contribution is 9.10. The minimum Gasteiger partial charge on any atom is -0.483 e. The van der Waals surface area contributed by atoms with Crippen molar-refractivity contribution >= 4 is 50.9 Å². The summed E-state index contributed by atoms with van der Waals surface area (Å²) in [6.07, 6.45) is 1.23. The van der Waals surface area contributed by atoms with E-state index in [2.05, 4.69) is 28.2 Å². The Kier molecular flexibility index (Phi) is 10.0. The predicted octanol–water partition coefficient (Wildman–Crippen LogP) is 6.08. The van der Waals surface area contributed by atoms with Gasteiger partial charge in [-0.05, 0) is 63.3 Å². The number of nitrogens with one attached hydrogen (secondary N) is 1. The Morgan fingerprint density at radius 3 is 2.40 bits per heavy atom. The molecule has 3 rings (SSSR count). The Hall–Kier alpha value is -2.54. The van der Waals surface area contributed by atoms with Crippen molar-refractivity contribution in [2.75, 3.05) is 13.7 Å². The van der Waals surface area contributed by atoms with Crippen molar-refractivity contribution in [3.8, 4) is 5.75 Å². The molecule has 1 N–H and O–H groups in total. The molecule has 0 fully saturated rings. The van der Waals surface area contributed by atoms with E-state index < -0.39 is 6.04 Å². The second-order valence-corrected chi connectivity index (χ2v) is 9.68. The van der Waals surface area contributed by atoms with Crippen LogP contribution in [0, 0.1) is 0 Å². The molecule has 3 aromatic carbocycles. The van der Waals surface area contributed by atoms with Crippen molar-refractivity contribution in [3.05, 3.63) is 97.9 Å². The molecule has 184 valence electrons. The molecule has 0 heterocycles. The van der Waals surface area contributed by atoms with Crippen molar-refractivity contribution < 1.29 is 14.3 Å². The van der Waals surface area contributed by atoms with Crippen LogP contribution in [-0.4, -0.2) is 36.4 Å². The smallest absolute Gasteiger partial charge is 0.261 e. The van der Waals surface area contributed by atoms with Crippen LogP contribution in [0.15, 0.2) is 71.2 Å². The first-order chi connectivity index (χ1) is 16.8. The molecule has 35 heavy (non-hydrogen) atoms. The zero-order chi connectivity index (χ0) is 25.4. The topological polar surface area (TPSA) is 58.6 Å². The van der Waals surface area contributed by atoms with E-state index >= 15 is 0 Å². The Morgan fingerprint density at radius 2 is 1.77 bits per heavy atom. The van der Waals surface area contributed by atoms with Crippen LogP contribution in [0.3, 0.4) is 0 Å². The van der Waals surface area contributed by atoms with E-state index in [1.807, 2.05) is 48.5 Å².